The van der Waals surface area contributed by atoms with Crippen molar-refractivity contribution in [3.05, 3.63) is 23.8 Å². The van der Waals surface area contributed by atoms with Crippen molar-refractivity contribution < 1.29 is 14.6 Å². The molecule has 19 heavy (non-hydrogen) atoms. The van der Waals surface area contributed by atoms with E-state index >= 15 is 0 Å². The molecule has 2 N–H and O–H groups in total. The molecule has 0 aromatic heterocycles. The highest BCUT2D eigenvalue weighted by atomic mass is 16.5. The fourth-order valence-corrected chi connectivity index (χ4v) is 1.73. The number of phenols is 1. The number of hydrogen-bond donors (Lipinski definition) is 2. The number of nitrogens with zero attached hydrogens (tertiary/aromatic N) is 1. The summed E-state index contributed by atoms with van der Waals surface area (Å²) in [5.41, 5.74) is -0.772. The number of hydrogen-bond acceptors (Lipinski definition) is 4. The van der Waals surface area contributed by atoms with Gasteiger partial charge >= 0.3 is 0 Å². The number of ether oxygens (including phenoxy) is 1. The zero-order chi connectivity index (χ0) is 14.5. The van der Waals surface area contributed by atoms with E-state index in [0.717, 1.165) is 0 Å². The van der Waals surface area contributed by atoms with E-state index < -0.39 is 11.4 Å². The van der Waals surface area contributed by atoms with E-state index in [1.165, 1.54) is 19.2 Å². The molecular weight excluding hydrogens is 244 g/mol. The van der Waals surface area contributed by atoms with Crippen LogP contribution in [0.3, 0.4) is 0 Å². The SMILES string of the molecule is CCC(C#N)(CC)NC(=O)c1ccc(OC)cc1O. The van der Waals surface area contributed by atoms with E-state index in [-0.39, 0.29) is 11.3 Å². The van der Waals surface area contributed by atoms with Gasteiger partial charge in [0.2, 0.25) is 0 Å². The lowest BCUT2D eigenvalue weighted by atomic mass is 9.94. The van der Waals surface area contributed by atoms with Crippen molar-refractivity contribution in [3.63, 3.8) is 0 Å². The van der Waals surface area contributed by atoms with Crippen LogP contribution < -0.4 is 10.1 Å². The van der Waals surface area contributed by atoms with Gasteiger partial charge in [0.05, 0.1) is 18.7 Å². The number of nitrogens with one attached hydrogen (secondary N) is 1. The van der Waals surface area contributed by atoms with Gasteiger partial charge in [0.1, 0.15) is 17.0 Å². The van der Waals surface area contributed by atoms with Crippen molar-refractivity contribution in [2.24, 2.45) is 0 Å². The number of aromatic hydroxyl groups is 1. The largest absolute Gasteiger partial charge is 0.507 e. The average Bonchev–Trinajstić information content (AvgIpc) is 2.44. The number of carbonyl (C=O) groups excluding carboxylic acids is 1. The first-order valence-corrected chi connectivity index (χ1v) is 6.12. The molecule has 0 heterocycles. The fraction of sp³-hybridized carbons (Fsp3) is 0.429. The van der Waals surface area contributed by atoms with E-state index in [2.05, 4.69) is 11.4 Å². The summed E-state index contributed by atoms with van der Waals surface area (Å²) in [7, 11) is 1.48. The first kappa shape index (κ1) is 14.8. The van der Waals surface area contributed by atoms with Gasteiger partial charge < -0.3 is 15.2 Å². The summed E-state index contributed by atoms with van der Waals surface area (Å²) < 4.78 is 4.95. The lowest BCUT2D eigenvalue weighted by Gasteiger charge is -2.25. The molecule has 1 aromatic carbocycles. The molecular formula is C14H18N2O3. The molecule has 1 aromatic rings. The van der Waals surface area contributed by atoms with Crippen molar-refractivity contribution in [2.45, 2.75) is 32.2 Å². The molecule has 0 radical (unpaired) electrons. The van der Waals surface area contributed by atoms with Crippen molar-refractivity contribution in [1.82, 2.24) is 5.32 Å². The Bertz CT molecular complexity index is 502. The Hall–Kier alpha value is -2.22. The van der Waals surface area contributed by atoms with Crippen molar-refractivity contribution >= 4 is 5.91 Å². The van der Waals surface area contributed by atoms with Gasteiger partial charge in [-0.3, -0.25) is 4.79 Å². The zero-order valence-corrected chi connectivity index (χ0v) is 11.4. The average molecular weight is 262 g/mol. The van der Waals surface area contributed by atoms with E-state index in [4.69, 9.17) is 4.74 Å². The van der Waals surface area contributed by atoms with Gasteiger partial charge in [-0.2, -0.15) is 5.26 Å². The molecule has 102 valence electrons. The molecule has 1 amide bonds. The molecule has 0 atom stereocenters. The van der Waals surface area contributed by atoms with E-state index in [9.17, 15) is 15.2 Å². The predicted molar refractivity (Wildman–Crippen MR) is 71.1 cm³/mol. The molecule has 0 unspecified atom stereocenters. The van der Waals surface area contributed by atoms with Gasteiger partial charge in [0.25, 0.3) is 5.91 Å². The normalized spacial score (nSPS) is 10.6. The topological polar surface area (TPSA) is 82.4 Å². The van der Waals surface area contributed by atoms with Crippen LogP contribution in [0.25, 0.3) is 0 Å². The summed E-state index contributed by atoms with van der Waals surface area (Å²) >= 11 is 0. The maximum Gasteiger partial charge on any atom is 0.256 e. The van der Waals surface area contributed by atoms with Crippen LogP contribution in [0.2, 0.25) is 0 Å². The highest BCUT2D eigenvalue weighted by Crippen LogP contribution is 2.24. The standard InChI is InChI=1S/C14H18N2O3/c1-4-14(5-2,9-15)16-13(18)11-7-6-10(19-3)8-12(11)17/h6-8,17H,4-5H2,1-3H3,(H,16,18). The van der Waals surface area contributed by atoms with Gasteiger partial charge in [-0.15, -0.1) is 0 Å². The second-order valence-electron chi connectivity index (χ2n) is 4.24. The number of phenolic OH excluding ortho intramolecular Hbond substituents is 1. The van der Waals surface area contributed by atoms with Gasteiger partial charge in [-0.25, -0.2) is 0 Å². The van der Waals surface area contributed by atoms with Crippen molar-refractivity contribution in [1.29, 1.82) is 5.26 Å². The summed E-state index contributed by atoms with van der Waals surface area (Å²) in [5, 5.41) is 21.6. The number of amides is 1. The predicted octanol–water partition coefficient (Wildman–Crippen LogP) is 2.21. The van der Waals surface area contributed by atoms with Crippen LogP contribution in [0.4, 0.5) is 0 Å². The lowest BCUT2D eigenvalue weighted by Crippen LogP contribution is -2.46. The van der Waals surface area contributed by atoms with Gasteiger partial charge in [0.15, 0.2) is 0 Å². The zero-order valence-electron chi connectivity index (χ0n) is 11.4. The Morgan fingerprint density at radius 3 is 2.53 bits per heavy atom. The second-order valence-corrected chi connectivity index (χ2v) is 4.24. The molecule has 0 bridgehead atoms. The first-order valence-electron chi connectivity index (χ1n) is 6.12. The third-order valence-corrected chi connectivity index (χ3v) is 3.22. The molecule has 0 saturated heterocycles. The first-order chi connectivity index (χ1) is 9.01. The highest BCUT2D eigenvalue weighted by Gasteiger charge is 2.29. The van der Waals surface area contributed by atoms with E-state index in [1.807, 2.05) is 13.8 Å². The number of rotatable bonds is 5. The summed E-state index contributed by atoms with van der Waals surface area (Å²) in [6.45, 7) is 3.67. The van der Waals surface area contributed by atoms with Gasteiger partial charge in [-0.05, 0) is 25.0 Å². The number of nitriles is 1. The molecule has 0 spiro atoms. The van der Waals surface area contributed by atoms with E-state index in [0.29, 0.717) is 18.6 Å². The number of methoxy groups -OCH3 is 1. The Balaban J connectivity index is 2.99. The van der Waals surface area contributed by atoms with Gasteiger partial charge in [-0.1, -0.05) is 13.8 Å². The van der Waals surface area contributed by atoms with Crippen LogP contribution in [-0.4, -0.2) is 23.7 Å². The molecule has 0 aliphatic heterocycles. The maximum atomic E-state index is 12.1. The van der Waals surface area contributed by atoms with Crippen LogP contribution in [0.15, 0.2) is 18.2 Å². The van der Waals surface area contributed by atoms with E-state index in [1.54, 1.807) is 6.07 Å². The van der Waals surface area contributed by atoms with Gasteiger partial charge in [0, 0.05) is 6.07 Å². The van der Waals surface area contributed by atoms with Crippen molar-refractivity contribution in [3.8, 4) is 17.6 Å². The summed E-state index contributed by atoms with van der Waals surface area (Å²) in [5.74, 6) is -0.173. The fourth-order valence-electron chi connectivity index (χ4n) is 1.73. The highest BCUT2D eigenvalue weighted by molar-refractivity contribution is 5.97. The number of carbonyl (C=O) groups is 1. The van der Waals surface area contributed by atoms with Crippen LogP contribution in [0, 0.1) is 11.3 Å². The molecule has 0 aliphatic carbocycles. The monoisotopic (exact) mass is 262 g/mol. The molecule has 5 heteroatoms. The molecule has 0 aliphatic rings. The molecule has 1 rings (SSSR count). The second kappa shape index (κ2) is 6.10. The Labute approximate surface area is 112 Å². The minimum absolute atomic E-state index is 0.127. The maximum absolute atomic E-state index is 12.1. The van der Waals surface area contributed by atoms with Crippen LogP contribution >= 0.6 is 0 Å². The van der Waals surface area contributed by atoms with Crippen LogP contribution in [0.1, 0.15) is 37.0 Å². The summed E-state index contributed by atoms with van der Waals surface area (Å²) in [6, 6.07) is 6.53. The smallest absolute Gasteiger partial charge is 0.256 e. The third-order valence-electron chi connectivity index (χ3n) is 3.22. The van der Waals surface area contributed by atoms with Crippen molar-refractivity contribution in [2.75, 3.05) is 7.11 Å². The van der Waals surface area contributed by atoms with Crippen LogP contribution in [0.5, 0.6) is 11.5 Å². The lowest BCUT2D eigenvalue weighted by molar-refractivity contribution is 0.0913. The molecule has 0 saturated carbocycles. The Morgan fingerprint density at radius 2 is 2.11 bits per heavy atom. The number of benzene rings is 1. The Kier molecular flexibility index (Phi) is 4.76. The van der Waals surface area contributed by atoms with Crippen LogP contribution in [-0.2, 0) is 0 Å². The Morgan fingerprint density at radius 1 is 1.47 bits per heavy atom. The third kappa shape index (κ3) is 3.16. The minimum Gasteiger partial charge on any atom is -0.507 e. The summed E-state index contributed by atoms with van der Waals surface area (Å²) in [6.07, 6.45) is 1.01. The minimum atomic E-state index is -0.899. The molecule has 0 fully saturated rings. The quantitative estimate of drug-likeness (QED) is 0.852. The summed E-state index contributed by atoms with van der Waals surface area (Å²) in [4.78, 5) is 12.1. The molecule has 5 nitrogen and oxygen atoms in total.